The van der Waals surface area contributed by atoms with Crippen molar-refractivity contribution < 1.29 is 21.6 Å². The normalized spacial score (nSPS) is 25.4. The van der Waals surface area contributed by atoms with Crippen molar-refractivity contribution in [2.75, 3.05) is 20.1 Å². The van der Waals surface area contributed by atoms with Gasteiger partial charge in [-0.05, 0) is 38.2 Å². The van der Waals surface area contributed by atoms with Crippen LogP contribution < -0.4 is 0 Å². The zero-order chi connectivity index (χ0) is 16.7. The molecule has 1 aliphatic rings. The predicted octanol–water partition coefficient (Wildman–Crippen LogP) is 2.60. The van der Waals surface area contributed by atoms with E-state index < -0.39 is 34.8 Å². The Kier molecular flexibility index (Phi) is 4.77. The molecular formula is C13H16ClF3N2O2S. The van der Waals surface area contributed by atoms with Gasteiger partial charge in [0.05, 0.1) is 4.90 Å². The Morgan fingerprint density at radius 2 is 1.73 bits per heavy atom. The van der Waals surface area contributed by atoms with E-state index >= 15 is 0 Å². The highest BCUT2D eigenvalue weighted by atomic mass is 35.5. The fraction of sp³-hybridized carbons (Fsp3) is 0.538. The van der Waals surface area contributed by atoms with Gasteiger partial charge in [-0.15, -0.1) is 0 Å². The molecule has 0 N–H and O–H groups in total. The molecule has 22 heavy (non-hydrogen) atoms. The van der Waals surface area contributed by atoms with E-state index in [1.807, 2.05) is 0 Å². The van der Waals surface area contributed by atoms with Crippen LogP contribution in [0, 0.1) is 0 Å². The first-order chi connectivity index (χ1) is 10.0. The van der Waals surface area contributed by atoms with Crippen LogP contribution in [0.3, 0.4) is 0 Å². The molecule has 4 nitrogen and oxygen atoms in total. The average molecular weight is 357 g/mol. The van der Waals surface area contributed by atoms with Gasteiger partial charge in [-0.25, -0.2) is 8.42 Å². The molecule has 0 saturated carbocycles. The molecule has 0 radical (unpaired) electrons. The highest BCUT2D eigenvalue weighted by Crippen LogP contribution is 2.31. The third-order valence-corrected chi connectivity index (χ3v) is 5.96. The highest BCUT2D eigenvalue weighted by Gasteiger charge is 2.49. The van der Waals surface area contributed by atoms with Gasteiger partial charge in [0.1, 0.15) is 6.04 Å². The van der Waals surface area contributed by atoms with Gasteiger partial charge in [0.2, 0.25) is 10.0 Å². The molecule has 1 fully saturated rings. The van der Waals surface area contributed by atoms with Gasteiger partial charge >= 0.3 is 6.18 Å². The SMILES string of the molecule is CC1CN(S(=O)(=O)c2ccc(Cl)cc2)CC(C(F)(F)F)N1C. The zero-order valence-electron chi connectivity index (χ0n) is 12.0. The van der Waals surface area contributed by atoms with Crippen LogP contribution in [0.1, 0.15) is 6.92 Å². The van der Waals surface area contributed by atoms with Gasteiger partial charge < -0.3 is 0 Å². The molecule has 0 amide bonds. The summed E-state index contributed by atoms with van der Waals surface area (Å²) in [7, 11) is -2.62. The van der Waals surface area contributed by atoms with Gasteiger partial charge in [-0.3, -0.25) is 4.90 Å². The summed E-state index contributed by atoms with van der Waals surface area (Å²) in [5.74, 6) is 0. The number of benzene rings is 1. The van der Waals surface area contributed by atoms with Gasteiger partial charge in [0.15, 0.2) is 0 Å². The molecule has 1 saturated heterocycles. The number of sulfonamides is 1. The van der Waals surface area contributed by atoms with Crippen LogP contribution in [0.4, 0.5) is 13.2 Å². The molecule has 9 heteroatoms. The van der Waals surface area contributed by atoms with Gasteiger partial charge in [0, 0.05) is 24.2 Å². The lowest BCUT2D eigenvalue weighted by Gasteiger charge is -2.43. The van der Waals surface area contributed by atoms with Crippen molar-refractivity contribution in [2.45, 2.75) is 30.1 Å². The Morgan fingerprint density at radius 1 is 1.18 bits per heavy atom. The highest BCUT2D eigenvalue weighted by molar-refractivity contribution is 7.89. The minimum Gasteiger partial charge on any atom is -0.290 e. The molecule has 1 aromatic rings. The lowest BCUT2D eigenvalue weighted by Crippen LogP contribution is -2.62. The molecule has 0 spiro atoms. The average Bonchev–Trinajstić information content (AvgIpc) is 2.40. The second-order valence-corrected chi connectivity index (χ2v) is 7.72. The number of alkyl halides is 3. The Hall–Kier alpha value is -0.830. The van der Waals surface area contributed by atoms with Crippen molar-refractivity contribution in [3.63, 3.8) is 0 Å². The Morgan fingerprint density at radius 3 is 2.23 bits per heavy atom. The largest absolute Gasteiger partial charge is 0.405 e. The number of hydrogen-bond donors (Lipinski definition) is 0. The fourth-order valence-electron chi connectivity index (χ4n) is 2.41. The van der Waals surface area contributed by atoms with E-state index in [4.69, 9.17) is 11.6 Å². The van der Waals surface area contributed by atoms with Crippen molar-refractivity contribution in [2.24, 2.45) is 0 Å². The molecule has 1 aliphatic heterocycles. The van der Waals surface area contributed by atoms with Crippen molar-refractivity contribution >= 4 is 21.6 Å². The van der Waals surface area contributed by atoms with Crippen LogP contribution in [0.25, 0.3) is 0 Å². The van der Waals surface area contributed by atoms with E-state index in [9.17, 15) is 21.6 Å². The number of hydrogen-bond acceptors (Lipinski definition) is 3. The topological polar surface area (TPSA) is 40.6 Å². The number of nitrogens with zero attached hydrogens (tertiary/aromatic N) is 2. The lowest BCUT2D eigenvalue weighted by atomic mass is 10.1. The van der Waals surface area contributed by atoms with Crippen molar-refractivity contribution in [1.29, 1.82) is 0 Å². The number of likely N-dealkylation sites (N-methyl/N-ethyl adjacent to an activating group) is 1. The minimum atomic E-state index is -4.49. The summed E-state index contributed by atoms with van der Waals surface area (Å²) in [5.41, 5.74) is 0. The maximum atomic E-state index is 13.1. The third-order valence-electron chi connectivity index (χ3n) is 3.86. The van der Waals surface area contributed by atoms with Crippen LogP contribution in [0.5, 0.6) is 0 Å². The quantitative estimate of drug-likeness (QED) is 0.818. The Labute approximate surface area is 132 Å². The molecule has 2 atom stereocenters. The summed E-state index contributed by atoms with van der Waals surface area (Å²) < 4.78 is 65.2. The molecule has 1 heterocycles. The Balaban J connectivity index is 2.33. The summed E-state index contributed by atoms with van der Waals surface area (Å²) in [6.45, 7) is 0.964. The van der Waals surface area contributed by atoms with Crippen molar-refractivity contribution in [3.05, 3.63) is 29.3 Å². The number of halogens is 4. The standard InChI is InChI=1S/C13H16ClF3N2O2S/c1-9-7-19(8-12(18(9)2)13(15,16)17)22(20,21)11-5-3-10(14)4-6-11/h3-6,9,12H,7-8H2,1-2H3. The number of rotatable bonds is 2. The van der Waals surface area contributed by atoms with Crippen LogP contribution in [-0.4, -0.2) is 56.0 Å². The van der Waals surface area contributed by atoms with Crippen molar-refractivity contribution in [3.8, 4) is 0 Å². The van der Waals surface area contributed by atoms with Crippen molar-refractivity contribution in [1.82, 2.24) is 9.21 Å². The lowest BCUT2D eigenvalue weighted by molar-refractivity contribution is -0.194. The second-order valence-electron chi connectivity index (χ2n) is 5.35. The Bertz CT molecular complexity index is 634. The van der Waals surface area contributed by atoms with Crippen LogP contribution in [0.2, 0.25) is 5.02 Å². The third kappa shape index (κ3) is 3.40. The second kappa shape index (κ2) is 5.99. The van der Waals surface area contributed by atoms with Gasteiger partial charge in [-0.2, -0.15) is 17.5 Å². The zero-order valence-corrected chi connectivity index (χ0v) is 13.6. The fourth-order valence-corrected chi connectivity index (χ4v) is 4.07. The summed E-state index contributed by atoms with van der Waals surface area (Å²) in [6.07, 6.45) is -4.49. The molecule has 124 valence electrons. The van der Waals surface area contributed by atoms with E-state index in [0.29, 0.717) is 5.02 Å². The first-order valence-electron chi connectivity index (χ1n) is 6.58. The summed E-state index contributed by atoms with van der Waals surface area (Å²) in [5, 5.41) is 0.360. The molecule has 2 unspecified atom stereocenters. The van der Waals surface area contributed by atoms with E-state index in [-0.39, 0.29) is 11.4 Å². The van der Waals surface area contributed by atoms with E-state index in [1.54, 1.807) is 6.92 Å². The molecule has 2 rings (SSSR count). The molecular weight excluding hydrogens is 341 g/mol. The van der Waals surface area contributed by atoms with Gasteiger partial charge in [0.25, 0.3) is 0 Å². The van der Waals surface area contributed by atoms with Crippen LogP contribution in [-0.2, 0) is 10.0 Å². The summed E-state index contributed by atoms with van der Waals surface area (Å²) >= 11 is 5.71. The first-order valence-corrected chi connectivity index (χ1v) is 8.39. The molecule has 1 aromatic carbocycles. The monoisotopic (exact) mass is 356 g/mol. The first kappa shape index (κ1) is 17.5. The summed E-state index contributed by atoms with van der Waals surface area (Å²) in [4.78, 5) is 1.10. The smallest absolute Gasteiger partial charge is 0.290 e. The minimum absolute atomic E-state index is 0.00798. The molecule has 0 bridgehead atoms. The predicted molar refractivity (Wildman–Crippen MR) is 77.3 cm³/mol. The van der Waals surface area contributed by atoms with Crippen LogP contribution >= 0.6 is 11.6 Å². The maximum Gasteiger partial charge on any atom is 0.405 e. The summed E-state index contributed by atoms with van der Waals surface area (Å²) in [6, 6.07) is 3.03. The molecule has 0 aliphatic carbocycles. The molecule has 0 aromatic heterocycles. The number of piperazine rings is 1. The van der Waals surface area contributed by atoms with E-state index in [2.05, 4.69) is 0 Å². The van der Waals surface area contributed by atoms with E-state index in [1.165, 1.54) is 31.3 Å². The maximum absolute atomic E-state index is 13.1. The van der Waals surface area contributed by atoms with E-state index in [0.717, 1.165) is 9.21 Å². The van der Waals surface area contributed by atoms with Gasteiger partial charge in [-0.1, -0.05) is 11.6 Å². The van der Waals surface area contributed by atoms with Crippen LogP contribution in [0.15, 0.2) is 29.2 Å².